The number of ether oxygens (including phenoxy) is 3. The molecule has 2 amide bonds. The monoisotopic (exact) mass is 450 g/mol. The molecule has 1 saturated heterocycles. The largest absolute Gasteiger partial charge is 0.497 e. The Morgan fingerprint density at radius 2 is 1.45 bits per heavy atom. The Hall–Kier alpha value is -3.32. The number of rotatable bonds is 5. The van der Waals surface area contributed by atoms with Gasteiger partial charge in [0.1, 0.15) is 17.2 Å². The maximum absolute atomic E-state index is 13.8. The van der Waals surface area contributed by atoms with Crippen molar-refractivity contribution in [2.75, 3.05) is 32.2 Å². The molecule has 33 heavy (non-hydrogen) atoms. The Balaban J connectivity index is 1.87. The van der Waals surface area contributed by atoms with Gasteiger partial charge in [-0.15, -0.1) is 0 Å². The third-order valence-corrected chi connectivity index (χ3v) is 6.19. The predicted octanol–water partition coefficient (Wildman–Crippen LogP) is 3.71. The zero-order valence-electron chi connectivity index (χ0n) is 20.0. The number of hydrogen-bond donors (Lipinski definition) is 0. The summed E-state index contributed by atoms with van der Waals surface area (Å²) >= 11 is 0. The number of methoxy groups -OCH3 is 2. The van der Waals surface area contributed by atoms with Gasteiger partial charge in [0.2, 0.25) is 0 Å². The first-order valence-electron chi connectivity index (χ1n) is 11.1. The van der Waals surface area contributed by atoms with Gasteiger partial charge in [0, 0.05) is 31.3 Å². The van der Waals surface area contributed by atoms with Crippen molar-refractivity contribution in [2.24, 2.45) is 0 Å². The molecular formula is C26H30N2O5. The van der Waals surface area contributed by atoms with E-state index in [1.807, 2.05) is 50.8 Å². The highest BCUT2D eigenvalue weighted by Gasteiger charge is 2.44. The van der Waals surface area contributed by atoms with Crippen molar-refractivity contribution < 1.29 is 23.8 Å². The third-order valence-electron chi connectivity index (χ3n) is 6.19. The summed E-state index contributed by atoms with van der Waals surface area (Å²) in [6.07, 6.45) is -0.118. The average Bonchev–Trinajstić information content (AvgIpc) is 3.04. The minimum atomic E-state index is -0.361. The van der Waals surface area contributed by atoms with Crippen LogP contribution in [0.5, 0.6) is 11.5 Å². The summed E-state index contributed by atoms with van der Waals surface area (Å²) < 4.78 is 16.6. The van der Waals surface area contributed by atoms with Crippen LogP contribution < -0.4 is 14.4 Å². The van der Waals surface area contributed by atoms with Crippen molar-refractivity contribution in [3.8, 4) is 11.5 Å². The second-order valence-electron chi connectivity index (χ2n) is 8.70. The number of carbonyl (C=O) groups is 2. The zero-order chi connectivity index (χ0) is 23.9. The molecule has 174 valence electrons. The number of amides is 2. The van der Waals surface area contributed by atoms with Gasteiger partial charge in [-0.05, 0) is 44.4 Å². The van der Waals surface area contributed by atoms with Crippen molar-refractivity contribution in [1.29, 1.82) is 0 Å². The van der Waals surface area contributed by atoms with Gasteiger partial charge in [0.15, 0.2) is 0 Å². The van der Waals surface area contributed by atoms with E-state index in [2.05, 4.69) is 0 Å². The summed E-state index contributed by atoms with van der Waals surface area (Å²) in [5.41, 5.74) is 4.14. The molecule has 2 aromatic carbocycles. The van der Waals surface area contributed by atoms with Crippen LogP contribution in [0.25, 0.3) is 5.57 Å². The number of imide groups is 1. The van der Waals surface area contributed by atoms with Crippen molar-refractivity contribution in [1.82, 2.24) is 4.90 Å². The summed E-state index contributed by atoms with van der Waals surface area (Å²) in [4.78, 5) is 30.9. The number of benzene rings is 2. The van der Waals surface area contributed by atoms with Crippen LogP contribution in [0.3, 0.4) is 0 Å². The van der Waals surface area contributed by atoms with E-state index in [9.17, 15) is 9.59 Å². The van der Waals surface area contributed by atoms with Gasteiger partial charge < -0.3 is 19.1 Å². The van der Waals surface area contributed by atoms with E-state index in [0.29, 0.717) is 41.5 Å². The van der Waals surface area contributed by atoms with Gasteiger partial charge in [-0.3, -0.25) is 9.59 Å². The fraction of sp³-hybridized carbons (Fsp3) is 0.385. The van der Waals surface area contributed by atoms with E-state index in [0.717, 1.165) is 16.7 Å². The number of carbonyl (C=O) groups excluding carboxylic acids is 2. The summed E-state index contributed by atoms with van der Waals surface area (Å²) in [5.74, 6) is 0.282. The molecule has 2 aromatic rings. The molecule has 2 aliphatic heterocycles. The number of anilines is 1. The van der Waals surface area contributed by atoms with Gasteiger partial charge in [0.05, 0.1) is 37.7 Å². The molecule has 0 aromatic heterocycles. The van der Waals surface area contributed by atoms with Crippen molar-refractivity contribution >= 4 is 23.1 Å². The summed E-state index contributed by atoms with van der Waals surface area (Å²) in [5, 5.41) is 0. The normalized spacial score (nSPS) is 21.2. The molecular weight excluding hydrogens is 420 g/mol. The van der Waals surface area contributed by atoms with Crippen molar-refractivity contribution in [3.05, 3.63) is 58.8 Å². The first-order chi connectivity index (χ1) is 15.7. The SMILES string of the molecule is COc1cc(OC)cc(N2C(=O)C(c3ccc(C)c(C)c3)=C(N3CC(C)OC(C)C3)C2=O)c1. The molecule has 7 heteroatoms. The van der Waals surface area contributed by atoms with Crippen LogP contribution in [0, 0.1) is 13.8 Å². The molecule has 1 fully saturated rings. The van der Waals surface area contributed by atoms with Crippen molar-refractivity contribution in [2.45, 2.75) is 39.9 Å². The second kappa shape index (κ2) is 8.90. The maximum Gasteiger partial charge on any atom is 0.282 e. The molecule has 2 unspecified atom stereocenters. The molecule has 0 radical (unpaired) electrons. The molecule has 0 spiro atoms. The Morgan fingerprint density at radius 1 is 0.848 bits per heavy atom. The molecule has 2 atom stereocenters. The predicted molar refractivity (Wildman–Crippen MR) is 126 cm³/mol. The quantitative estimate of drug-likeness (QED) is 0.647. The van der Waals surface area contributed by atoms with Crippen LogP contribution in [0.4, 0.5) is 5.69 Å². The molecule has 0 aliphatic carbocycles. The highest BCUT2D eigenvalue weighted by Crippen LogP contribution is 2.38. The zero-order valence-corrected chi connectivity index (χ0v) is 20.0. The molecule has 0 bridgehead atoms. The van der Waals surface area contributed by atoms with Crippen LogP contribution in [-0.2, 0) is 14.3 Å². The average molecular weight is 451 g/mol. The summed E-state index contributed by atoms with van der Waals surface area (Å²) in [6.45, 7) is 9.04. The highest BCUT2D eigenvalue weighted by atomic mass is 16.5. The van der Waals surface area contributed by atoms with E-state index in [-0.39, 0.29) is 24.0 Å². The van der Waals surface area contributed by atoms with Gasteiger partial charge in [0.25, 0.3) is 11.8 Å². The number of aryl methyl sites for hydroxylation is 2. The third kappa shape index (κ3) is 4.20. The van der Waals surface area contributed by atoms with Crippen LogP contribution >= 0.6 is 0 Å². The van der Waals surface area contributed by atoms with Gasteiger partial charge >= 0.3 is 0 Å². The standard InChI is InChI=1S/C26H30N2O5/c1-15-7-8-19(9-16(15)2)23-24(27-13-17(3)33-18(4)14-27)26(30)28(25(23)29)20-10-21(31-5)12-22(11-20)32-6/h7-12,17-18H,13-14H2,1-6H3. The van der Waals surface area contributed by atoms with Crippen LogP contribution in [0.2, 0.25) is 0 Å². The summed E-state index contributed by atoms with van der Waals surface area (Å²) in [7, 11) is 3.07. The van der Waals surface area contributed by atoms with E-state index in [4.69, 9.17) is 14.2 Å². The Labute approximate surface area is 194 Å². The van der Waals surface area contributed by atoms with E-state index < -0.39 is 0 Å². The molecule has 0 N–H and O–H groups in total. The Bertz CT molecular complexity index is 1110. The maximum atomic E-state index is 13.8. The minimum Gasteiger partial charge on any atom is -0.497 e. The van der Waals surface area contributed by atoms with Gasteiger partial charge in [-0.2, -0.15) is 0 Å². The van der Waals surface area contributed by atoms with E-state index >= 15 is 0 Å². The number of hydrogen-bond acceptors (Lipinski definition) is 6. The molecule has 2 heterocycles. The van der Waals surface area contributed by atoms with Gasteiger partial charge in [-0.25, -0.2) is 4.90 Å². The lowest BCUT2D eigenvalue weighted by atomic mass is 9.99. The van der Waals surface area contributed by atoms with Crippen LogP contribution in [0.15, 0.2) is 42.1 Å². The molecule has 4 rings (SSSR count). The Kier molecular flexibility index (Phi) is 6.17. The topological polar surface area (TPSA) is 68.3 Å². The fourth-order valence-electron chi connectivity index (χ4n) is 4.49. The van der Waals surface area contributed by atoms with Gasteiger partial charge in [-0.1, -0.05) is 18.2 Å². The van der Waals surface area contributed by atoms with Crippen molar-refractivity contribution in [3.63, 3.8) is 0 Å². The lowest BCUT2D eigenvalue weighted by Crippen LogP contribution is -2.47. The number of morpholine rings is 1. The first-order valence-corrected chi connectivity index (χ1v) is 11.1. The molecule has 0 saturated carbocycles. The second-order valence-corrected chi connectivity index (χ2v) is 8.70. The van der Waals surface area contributed by atoms with E-state index in [1.54, 1.807) is 18.2 Å². The lowest BCUT2D eigenvalue weighted by molar-refractivity contribution is -0.121. The minimum absolute atomic E-state index is 0.0591. The van der Waals surface area contributed by atoms with Crippen LogP contribution in [0.1, 0.15) is 30.5 Å². The smallest absolute Gasteiger partial charge is 0.282 e. The molecule has 7 nitrogen and oxygen atoms in total. The Morgan fingerprint density at radius 3 is 2.00 bits per heavy atom. The van der Waals surface area contributed by atoms with E-state index in [1.165, 1.54) is 19.1 Å². The first kappa shape index (κ1) is 22.9. The summed E-state index contributed by atoms with van der Waals surface area (Å²) in [6, 6.07) is 10.9. The lowest BCUT2D eigenvalue weighted by Gasteiger charge is -2.37. The van der Waals surface area contributed by atoms with Crippen LogP contribution in [-0.4, -0.2) is 56.2 Å². The molecule has 2 aliphatic rings. The number of nitrogens with zero attached hydrogens (tertiary/aromatic N) is 2. The highest BCUT2D eigenvalue weighted by molar-refractivity contribution is 6.45. The fourth-order valence-corrected chi connectivity index (χ4v) is 4.49.